The molecular formula is C16H24FNO2. The van der Waals surface area contributed by atoms with Crippen LogP contribution in [0.4, 0.5) is 4.39 Å². The van der Waals surface area contributed by atoms with Crippen molar-refractivity contribution in [3.8, 4) is 5.75 Å². The van der Waals surface area contributed by atoms with E-state index >= 15 is 0 Å². The summed E-state index contributed by atoms with van der Waals surface area (Å²) in [6.45, 7) is 5.73. The van der Waals surface area contributed by atoms with E-state index in [2.05, 4.69) is 19.2 Å². The van der Waals surface area contributed by atoms with Crippen molar-refractivity contribution in [2.45, 2.75) is 38.8 Å². The van der Waals surface area contributed by atoms with E-state index in [0.717, 1.165) is 19.4 Å². The number of ether oxygens (including phenoxy) is 2. The van der Waals surface area contributed by atoms with E-state index in [4.69, 9.17) is 9.47 Å². The van der Waals surface area contributed by atoms with E-state index in [-0.39, 0.29) is 18.0 Å². The summed E-state index contributed by atoms with van der Waals surface area (Å²) in [5.74, 6) is 0.346. The first-order chi connectivity index (χ1) is 9.67. The van der Waals surface area contributed by atoms with Crippen LogP contribution in [0, 0.1) is 11.7 Å². The van der Waals surface area contributed by atoms with Crippen LogP contribution in [0.5, 0.6) is 5.75 Å². The first-order valence-electron chi connectivity index (χ1n) is 7.34. The van der Waals surface area contributed by atoms with Crippen LogP contribution < -0.4 is 10.1 Å². The first kappa shape index (κ1) is 15.3. The van der Waals surface area contributed by atoms with Gasteiger partial charge in [0.05, 0.1) is 19.8 Å². The van der Waals surface area contributed by atoms with Crippen molar-refractivity contribution < 1.29 is 13.9 Å². The summed E-state index contributed by atoms with van der Waals surface area (Å²) in [6.07, 6.45) is 2.23. The topological polar surface area (TPSA) is 30.5 Å². The summed E-state index contributed by atoms with van der Waals surface area (Å²) in [7, 11) is 1.50. The van der Waals surface area contributed by atoms with Gasteiger partial charge >= 0.3 is 0 Å². The van der Waals surface area contributed by atoms with E-state index in [9.17, 15) is 4.39 Å². The van der Waals surface area contributed by atoms with Gasteiger partial charge in [-0.1, -0.05) is 19.1 Å². The zero-order valence-electron chi connectivity index (χ0n) is 12.5. The van der Waals surface area contributed by atoms with Crippen LogP contribution in [0.2, 0.25) is 0 Å². The maximum absolute atomic E-state index is 14.5. The lowest BCUT2D eigenvalue weighted by atomic mass is 9.90. The fourth-order valence-corrected chi connectivity index (χ4v) is 2.84. The van der Waals surface area contributed by atoms with Crippen molar-refractivity contribution in [3.05, 3.63) is 29.6 Å². The second kappa shape index (κ2) is 7.04. The maximum Gasteiger partial charge on any atom is 0.169 e. The highest BCUT2D eigenvalue weighted by atomic mass is 19.1. The molecule has 1 N–H and O–H groups in total. The Morgan fingerprint density at radius 3 is 2.90 bits per heavy atom. The third-order valence-corrected chi connectivity index (χ3v) is 3.86. The quantitative estimate of drug-likeness (QED) is 0.868. The van der Waals surface area contributed by atoms with Gasteiger partial charge in [0.25, 0.3) is 0 Å². The van der Waals surface area contributed by atoms with Gasteiger partial charge in [-0.25, -0.2) is 4.39 Å². The van der Waals surface area contributed by atoms with Crippen molar-refractivity contribution in [2.75, 3.05) is 20.3 Å². The molecule has 4 heteroatoms. The standard InChI is InChI=1S/C16H24FNO2/c1-4-8-18-16(12-9-11(2)20-10-12)13-6-5-7-14(19-3)15(13)17/h5-7,11-12,16,18H,4,8-10H2,1-3H3. The average molecular weight is 281 g/mol. The molecule has 3 unspecified atom stereocenters. The van der Waals surface area contributed by atoms with Crippen molar-refractivity contribution >= 4 is 0 Å². The van der Waals surface area contributed by atoms with E-state index in [1.807, 2.05) is 12.1 Å². The molecule has 0 aromatic heterocycles. The third kappa shape index (κ3) is 3.30. The van der Waals surface area contributed by atoms with E-state index in [1.54, 1.807) is 6.07 Å². The van der Waals surface area contributed by atoms with Gasteiger partial charge in [0, 0.05) is 17.5 Å². The number of methoxy groups -OCH3 is 1. The Labute approximate surface area is 120 Å². The van der Waals surface area contributed by atoms with Crippen LogP contribution in [0.15, 0.2) is 18.2 Å². The fourth-order valence-electron chi connectivity index (χ4n) is 2.84. The minimum Gasteiger partial charge on any atom is -0.494 e. The Kier molecular flexibility index (Phi) is 5.38. The molecule has 0 radical (unpaired) electrons. The SMILES string of the molecule is CCCNC(c1cccc(OC)c1F)C1COC(C)C1. The van der Waals surface area contributed by atoms with Gasteiger partial charge < -0.3 is 14.8 Å². The molecule has 3 nitrogen and oxygen atoms in total. The first-order valence-corrected chi connectivity index (χ1v) is 7.34. The Balaban J connectivity index is 2.26. The van der Waals surface area contributed by atoms with Crippen LogP contribution in [-0.2, 0) is 4.74 Å². The number of hydrogen-bond acceptors (Lipinski definition) is 3. The predicted molar refractivity (Wildman–Crippen MR) is 77.5 cm³/mol. The molecule has 112 valence electrons. The third-order valence-electron chi connectivity index (χ3n) is 3.86. The summed E-state index contributed by atoms with van der Waals surface area (Å²) in [4.78, 5) is 0. The van der Waals surface area contributed by atoms with Crippen LogP contribution >= 0.6 is 0 Å². The molecule has 1 aromatic carbocycles. The van der Waals surface area contributed by atoms with E-state index in [0.29, 0.717) is 23.8 Å². The summed E-state index contributed by atoms with van der Waals surface area (Å²) < 4.78 is 25.2. The van der Waals surface area contributed by atoms with Gasteiger partial charge in [0.1, 0.15) is 0 Å². The Bertz CT molecular complexity index is 438. The van der Waals surface area contributed by atoms with Gasteiger partial charge in [-0.3, -0.25) is 0 Å². The molecule has 0 bridgehead atoms. The van der Waals surface area contributed by atoms with Crippen molar-refractivity contribution in [1.29, 1.82) is 0 Å². The summed E-state index contributed by atoms with van der Waals surface area (Å²) >= 11 is 0. The minimum atomic E-state index is -0.261. The van der Waals surface area contributed by atoms with Gasteiger partial charge in [-0.15, -0.1) is 0 Å². The molecule has 0 aliphatic carbocycles. The number of hydrogen-bond donors (Lipinski definition) is 1. The van der Waals surface area contributed by atoms with Gasteiger partial charge in [0.2, 0.25) is 0 Å². The van der Waals surface area contributed by atoms with Gasteiger partial charge in [-0.2, -0.15) is 0 Å². The number of halogens is 1. The second-order valence-electron chi connectivity index (χ2n) is 5.44. The molecule has 1 heterocycles. The lowest BCUT2D eigenvalue weighted by molar-refractivity contribution is 0.116. The highest BCUT2D eigenvalue weighted by molar-refractivity contribution is 5.33. The molecule has 0 spiro atoms. The lowest BCUT2D eigenvalue weighted by Gasteiger charge is -2.25. The molecular weight excluding hydrogens is 257 g/mol. The molecule has 0 saturated carbocycles. The molecule has 1 aromatic rings. The zero-order chi connectivity index (χ0) is 14.5. The molecule has 2 rings (SSSR count). The van der Waals surface area contributed by atoms with E-state index in [1.165, 1.54) is 7.11 Å². The number of nitrogens with one attached hydrogen (secondary N) is 1. The molecule has 1 saturated heterocycles. The Morgan fingerprint density at radius 1 is 1.50 bits per heavy atom. The normalized spacial score (nSPS) is 23.8. The summed E-state index contributed by atoms with van der Waals surface area (Å²) in [5, 5.41) is 3.46. The summed E-state index contributed by atoms with van der Waals surface area (Å²) in [6, 6.07) is 5.32. The van der Waals surface area contributed by atoms with Crippen molar-refractivity contribution in [2.24, 2.45) is 5.92 Å². The van der Waals surface area contributed by atoms with E-state index < -0.39 is 0 Å². The fraction of sp³-hybridized carbons (Fsp3) is 0.625. The van der Waals surface area contributed by atoms with Crippen LogP contribution in [-0.4, -0.2) is 26.4 Å². The van der Waals surface area contributed by atoms with Crippen molar-refractivity contribution in [3.63, 3.8) is 0 Å². The minimum absolute atomic E-state index is 0.0185. The molecule has 0 amide bonds. The predicted octanol–water partition coefficient (Wildman–Crippen LogP) is 3.30. The van der Waals surface area contributed by atoms with Crippen LogP contribution in [0.25, 0.3) is 0 Å². The lowest BCUT2D eigenvalue weighted by Crippen LogP contribution is -2.30. The molecule has 1 fully saturated rings. The molecule has 3 atom stereocenters. The molecule has 1 aliphatic heterocycles. The largest absolute Gasteiger partial charge is 0.494 e. The maximum atomic E-state index is 14.5. The van der Waals surface area contributed by atoms with Crippen LogP contribution in [0.1, 0.15) is 38.3 Å². The smallest absolute Gasteiger partial charge is 0.169 e. The monoisotopic (exact) mass is 281 g/mol. The van der Waals surface area contributed by atoms with Crippen LogP contribution in [0.3, 0.4) is 0 Å². The Hall–Kier alpha value is -1.13. The van der Waals surface area contributed by atoms with Gasteiger partial charge in [-0.05, 0) is 32.4 Å². The molecule has 1 aliphatic rings. The Morgan fingerprint density at radius 2 is 2.30 bits per heavy atom. The second-order valence-corrected chi connectivity index (χ2v) is 5.44. The van der Waals surface area contributed by atoms with Gasteiger partial charge in [0.15, 0.2) is 11.6 Å². The number of rotatable bonds is 6. The zero-order valence-corrected chi connectivity index (χ0v) is 12.5. The van der Waals surface area contributed by atoms with Crippen molar-refractivity contribution in [1.82, 2.24) is 5.32 Å². The number of benzene rings is 1. The highest BCUT2D eigenvalue weighted by Gasteiger charge is 2.32. The summed E-state index contributed by atoms with van der Waals surface area (Å²) in [5.41, 5.74) is 0.681. The average Bonchev–Trinajstić information content (AvgIpc) is 2.87. The molecule has 20 heavy (non-hydrogen) atoms. The highest BCUT2D eigenvalue weighted by Crippen LogP contribution is 2.35.